The summed E-state index contributed by atoms with van der Waals surface area (Å²) in [5.41, 5.74) is 2.97. The van der Waals surface area contributed by atoms with Gasteiger partial charge in [0.25, 0.3) is 5.91 Å². The second kappa shape index (κ2) is 7.28. The number of aliphatic hydroxyl groups excluding tert-OH is 1. The van der Waals surface area contributed by atoms with Crippen molar-refractivity contribution in [1.29, 1.82) is 10.5 Å². The van der Waals surface area contributed by atoms with E-state index in [2.05, 4.69) is 11.4 Å². The maximum absolute atomic E-state index is 12.3. The molecule has 0 aliphatic rings. The first-order valence-corrected chi connectivity index (χ1v) is 7.19. The van der Waals surface area contributed by atoms with Gasteiger partial charge in [-0.05, 0) is 42.3 Å². The molecule has 0 fully saturated rings. The molecule has 6 nitrogen and oxygen atoms in total. The Morgan fingerprint density at radius 3 is 2.71 bits per heavy atom. The lowest BCUT2D eigenvalue weighted by atomic mass is 10.1. The number of rotatable bonds is 4. The van der Waals surface area contributed by atoms with Gasteiger partial charge in [0.2, 0.25) is 0 Å². The molecule has 1 amide bonds. The Morgan fingerprint density at radius 1 is 1.38 bits per heavy atom. The largest absolute Gasteiger partial charge is 0.392 e. The summed E-state index contributed by atoms with van der Waals surface area (Å²) in [6, 6.07) is 12.3. The minimum atomic E-state index is -0.547. The molecule has 2 aromatic rings. The highest BCUT2D eigenvalue weighted by Gasteiger charge is 2.13. The molecule has 24 heavy (non-hydrogen) atoms. The van der Waals surface area contributed by atoms with Gasteiger partial charge in [-0.25, -0.2) is 0 Å². The number of hydrogen-bond donors (Lipinski definition) is 2. The van der Waals surface area contributed by atoms with Crippen molar-refractivity contribution < 1.29 is 9.90 Å². The number of nitrogens with one attached hydrogen (secondary N) is 1. The number of aromatic nitrogens is 1. The van der Waals surface area contributed by atoms with Crippen LogP contribution in [0.1, 0.15) is 22.5 Å². The molecule has 0 spiro atoms. The van der Waals surface area contributed by atoms with Crippen molar-refractivity contribution in [1.82, 2.24) is 4.57 Å². The third-order valence-electron chi connectivity index (χ3n) is 3.72. The highest BCUT2D eigenvalue weighted by molar-refractivity contribution is 6.09. The van der Waals surface area contributed by atoms with Crippen molar-refractivity contribution in [3.05, 3.63) is 58.4 Å². The van der Waals surface area contributed by atoms with Crippen molar-refractivity contribution in [2.45, 2.75) is 13.5 Å². The molecule has 0 radical (unpaired) electrons. The quantitative estimate of drug-likeness (QED) is 0.666. The van der Waals surface area contributed by atoms with Gasteiger partial charge in [0, 0.05) is 18.4 Å². The second-order valence-corrected chi connectivity index (χ2v) is 5.22. The number of benzene rings is 1. The molecule has 0 unspecified atom stereocenters. The standard InChI is InChI=1S/C18H16N4O2/c1-12-14(8-17(10-20)22(12)2)7-15(9-19)18(24)21-16-5-3-4-13(6-16)11-23/h3-8,23H,11H2,1-2H3,(H,21,24)/b15-7-. The highest BCUT2D eigenvalue weighted by atomic mass is 16.3. The summed E-state index contributed by atoms with van der Waals surface area (Å²) in [5, 5.41) is 30.1. The summed E-state index contributed by atoms with van der Waals surface area (Å²) in [6.45, 7) is 1.68. The van der Waals surface area contributed by atoms with E-state index in [0.717, 1.165) is 5.69 Å². The number of nitrogens with zero attached hydrogens (tertiary/aromatic N) is 3. The fourth-order valence-corrected chi connectivity index (χ4v) is 2.23. The number of hydrogen-bond acceptors (Lipinski definition) is 4. The van der Waals surface area contributed by atoms with Crippen LogP contribution in [0.3, 0.4) is 0 Å². The van der Waals surface area contributed by atoms with Crippen LogP contribution in [0.25, 0.3) is 6.08 Å². The van der Waals surface area contributed by atoms with Gasteiger partial charge in [-0.2, -0.15) is 10.5 Å². The molecular formula is C18H16N4O2. The molecule has 1 heterocycles. The zero-order valence-corrected chi connectivity index (χ0v) is 13.4. The Kier molecular flexibility index (Phi) is 5.16. The van der Waals surface area contributed by atoms with Gasteiger partial charge >= 0.3 is 0 Å². The molecule has 1 aromatic heterocycles. The fraction of sp³-hybridized carbons (Fsp3) is 0.167. The van der Waals surface area contributed by atoms with Gasteiger partial charge in [0.15, 0.2) is 0 Å². The van der Waals surface area contributed by atoms with Crippen molar-refractivity contribution in [2.24, 2.45) is 7.05 Å². The second-order valence-electron chi connectivity index (χ2n) is 5.22. The first kappa shape index (κ1) is 17.0. The Labute approximate surface area is 139 Å². The molecule has 2 rings (SSSR count). The van der Waals surface area contributed by atoms with E-state index in [0.29, 0.717) is 22.5 Å². The zero-order valence-electron chi connectivity index (χ0n) is 13.4. The van der Waals surface area contributed by atoms with Crippen molar-refractivity contribution in [3.63, 3.8) is 0 Å². The van der Waals surface area contributed by atoms with Crippen LogP contribution in [-0.2, 0) is 18.4 Å². The Balaban J connectivity index is 2.29. The molecule has 120 valence electrons. The first-order chi connectivity index (χ1) is 11.5. The minimum Gasteiger partial charge on any atom is -0.392 e. The van der Waals surface area contributed by atoms with Gasteiger partial charge in [0.1, 0.15) is 23.4 Å². The normalized spacial score (nSPS) is 10.8. The van der Waals surface area contributed by atoms with Crippen molar-refractivity contribution in [3.8, 4) is 12.1 Å². The van der Waals surface area contributed by atoms with Crippen LogP contribution in [0.4, 0.5) is 5.69 Å². The molecule has 1 aromatic carbocycles. The number of aliphatic hydroxyl groups is 1. The van der Waals surface area contributed by atoms with Crippen molar-refractivity contribution >= 4 is 17.7 Å². The summed E-state index contributed by atoms with van der Waals surface area (Å²) in [4.78, 5) is 12.3. The van der Waals surface area contributed by atoms with Crippen LogP contribution < -0.4 is 5.32 Å². The predicted octanol–water partition coefficient (Wildman–Crippen LogP) is 2.24. The Hall–Kier alpha value is -3.35. The molecule has 6 heteroatoms. The number of carbonyl (C=O) groups is 1. The maximum atomic E-state index is 12.3. The van der Waals surface area contributed by atoms with E-state index in [1.807, 2.05) is 13.0 Å². The molecule has 0 bridgehead atoms. The van der Waals surface area contributed by atoms with Crippen LogP contribution in [-0.4, -0.2) is 15.6 Å². The molecular weight excluding hydrogens is 304 g/mol. The Morgan fingerprint density at radius 2 is 2.12 bits per heavy atom. The number of anilines is 1. The lowest BCUT2D eigenvalue weighted by Gasteiger charge is -2.06. The molecule has 0 aliphatic heterocycles. The summed E-state index contributed by atoms with van der Waals surface area (Å²) in [7, 11) is 1.75. The lowest BCUT2D eigenvalue weighted by molar-refractivity contribution is -0.112. The molecule has 0 aliphatic carbocycles. The van der Waals surface area contributed by atoms with Crippen LogP contribution in [0, 0.1) is 29.6 Å². The fourth-order valence-electron chi connectivity index (χ4n) is 2.23. The average molecular weight is 320 g/mol. The molecule has 0 saturated carbocycles. The minimum absolute atomic E-state index is 0.0670. The summed E-state index contributed by atoms with van der Waals surface area (Å²) in [6.07, 6.45) is 1.46. The first-order valence-electron chi connectivity index (χ1n) is 7.19. The lowest BCUT2D eigenvalue weighted by Crippen LogP contribution is -2.13. The number of carbonyl (C=O) groups excluding carboxylic acids is 1. The summed E-state index contributed by atoms with van der Waals surface area (Å²) < 4.78 is 1.70. The van der Waals surface area contributed by atoms with Gasteiger partial charge in [-0.15, -0.1) is 0 Å². The van der Waals surface area contributed by atoms with Crippen LogP contribution in [0.5, 0.6) is 0 Å². The van der Waals surface area contributed by atoms with Gasteiger partial charge in [-0.1, -0.05) is 12.1 Å². The topological polar surface area (TPSA) is 102 Å². The number of nitriles is 2. The highest BCUT2D eigenvalue weighted by Crippen LogP contribution is 2.18. The molecule has 0 saturated heterocycles. The summed E-state index contributed by atoms with van der Waals surface area (Å²) >= 11 is 0. The SMILES string of the molecule is Cc1c(/C=C(/C#N)C(=O)Nc2cccc(CO)c2)cc(C#N)n1C. The smallest absolute Gasteiger partial charge is 0.266 e. The Bertz CT molecular complexity index is 895. The van der Waals surface area contributed by atoms with E-state index in [4.69, 9.17) is 10.4 Å². The van der Waals surface area contributed by atoms with Crippen molar-refractivity contribution in [2.75, 3.05) is 5.32 Å². The van der Waals surface area contributed by atoms with Gasteiger partial charge in [-0.3, -0.25) is 4.79 Å². The van der Waals surface area contributed by atoms with Gasteiger partial charge < -0.3 is 15.0 Å². The third-order valence-corrected chi connectivity index (χ3v) is 3.72. The third kappa shape index (κ3) is 3.52. The zero-order chi connectivity index (χ0) is 17.7. The molecule has 0 atom stereocenters. The van der Waals surface area contributed by atoms with E-state index >= 15 is 0 Å². The van der Waals surface area contributed by atoms with Crippen LogP contribution in [0.2, 0.25) is 0 Å². The van der Waals surface area contributed by atoms with E-state index in [1.165, 1.54) is 6.08 Å². The van der Waals surface area contributed by atoms with E-state index < -0.39 is 5.91 Å². The van der Waals surface area contributed by atoms with Crippen LogP contribution >= 0.6 is 0 Å². The van der Waals surface area contributed by atoms with E-state index in [9.17, 15) is 10.1 Å². The van der Waals surface area contributed by atoms with Crippen LogP contribution in [0.15, 0.2) is 35.9 Å². The predicted molar refractivity (Wildman–Crippen MR) is 89.4 cm³/mol. The van der Waals surface area contributed by atoms with E-state index in [-0.39, 0.29) is 12.2 Å². The maximum Gasteiger partial charge on any atom is 0.266 e. The number of amides is 1. The average Bonchev–Trinajstić information content (AvgIpc) is 2.87. The monoisotopic (exact) mass is 320 g/mol. The van der Waals surface area contributed by atoms with E-state index in [1.54, 1.807) is 41.9 Å². The molecule has 2 N–H and O–H groups in total. The van der Waals surface area contributed by atoms with Gasteiger partial charge in [0.05, 0.1) is 6.61 Å². The summed E-state index contributed by atoms with van der Waals surface area (Å²) in [5.74, 6) is -0.547.